The van der Waals surface area contributed by atoms with Gasteiger partial charge >= 0.3 is 0 Å². The van der Waals surface area contributed by atoms with Gasteiger partial charge in [0.25, 0.3) is 5.91 Å². The van der Waals surface area contributed by atoms with Crippen LogP contribution in [0, 0.1) is 0 Å². The Hall–Kier alpha value is -2.76. The minimum atomic E-state index is -0.170. The highest BCUT2D eigenvalue weighted by Crippen LogP contribution is 2.39. The number of phenols is 1. The molecule has 1 aromatic carbocycles. The molecule has 0 saturated carbocycles. The van der Waals surface area contributed by atoms with Crippen molar-refractivity contribution in [1.29, 1.82) is 0 Å². The number of phenolic OH excluding ortho intramolecular Hbond substituents is 1. The number of hydrogen-bond acceptors (Lipinski definition) is 5. The van der Waals surface area contributed by atoms with Gasteiger partial charge in [0.2, 0.25) is 0 Å². The first-order valence-electron chi connectivity index (χ1n) is 7.31. The summed E-state index contributed by atoms with van der Waals surface area (Å²) in [4.78, 5) is 25.0. The topological polar surface area (TPSA) is 80.0 Å². The number of furan rings is 1. The van der Waals surface area contributed by atoms with E-state index in [2.05, 4.69) is 0 Å². The number of nitrogens with zero attached hydrogens (tertiary/aromatic N) is 1. The number of aromatic hydroxyl groups is 1. The summed E-state index contributed by atoms with van der Waals surface area (Å²) in [5.74, 6) is 0.283. The Balaban J connectivity index is 2.56. The normalized spacial score (nSPS) is 10.4. The van der Waals surface area contributed by atoms with Crippen molar-refractivity contribution in [2.75, 3.05) is 20.2 Å². The van der Waals surface area contributed by atoms with Crippen molar-refractivity contribution in [3.05, 3.63) is 35.6 Å². The Morgan fingerprint density at radius 3 is 2.52 bits per heavy atom. The van der Waals surface area contributed by atoms with Crippen LogP contribution < -0.4 is 4.74 Å². The van der Waals surface area contributed by atoms with Gasteiger partial charge in [0, 0.05) is 18.7 Å². The maximum atomic E-state index is 12.5. The molecule has 1 heterocycles. The molecule has 2 rings (SSSR count). The van der Waals surface area contributed by atoms with E-state index in [1.807, 2.05) is 13.8 Å². The number of methoxy groups -OCH3 is 1. The highest BCUT2D eigenvalue weighted by Gasteiger charge is 2.20. The fraction of sp³-hybridized carbons (Fsp3) is 0.294. The summed E-state index contributed by atoms with van der Waals surface area (Å²) in [6, 6.07) is 6.08. The average Bonchev–Trinajstić information content (AvgIpc) is 3.05. The quantitative estimate of drug-likeness (QED) is 0.829. The van der Waals surface area contributed by atoms with E-state index in [0.29, 0.717) is 30.5 Å². The molecule has 1 N–H and O–H groups in total. The SMILES string of the molecule is CCN(CC)C(=O)c1cc(OC)c(O)c(-c2ccc(C=O)o2)c1. The first-order valence-corrected chi connectivity index (χ1v) is 7.31. The molecule has 0 aliphatic heterocycles. The maximum absolute atomic E-state index is 12.5. The molecule has 0 atom stereocenters. The zero-order valence-electron chi connectivity index (χ0n) is 13.3. The molecule has 0 spiro atoms. The van der Waals surface area contributed by atoms with Crippen molar-refractivity contribution >= 4 is 12.2 Å². The van der Waals surface area contributed by atoms with Crippen molar-refractivity contribution in [1.82, 2.24) is 4.90 Å². The molecule has 0 unspecified atom stereocenters. The van der Waals surface area contributed by atoms with Gasteiger partial charge in [-0.3, -0.25) is 9.59 Å². The van der Waals surface area contributed by atoms with Crippen LogP contribution in [0.2, 0.25) is 0 Å². The molecule has 122 valence electrons. The number of rotatable bonds is 6. The van der Waals surface area contributed by atoms with Crippen LogP contribution in [0.4, 0.5) is 0 Å². The lowest BCUT2D eigenvalue weighted by molar-refractivity contribution is 0.0772. The second-order valence-corrected chi connectivity index (χ2v) is 4.87. The molecule has 0 fully saturated rings. The van der Waals surface area contributed by atoms with Crippen LogP contribution in [0.3, 0.4) is 0 Å². The van der Waals surface area contributed by atoms with E-state index in [9.17, 15) is 14.7 Å². The lowest BCUT2D eigenvalue weighted by Gasteiger charge is -2.19. The van der Waals surface area contributed by atoms with Crippen molar-refractivity contribution in [2.45, 2.75) is 13.8 Å². The standard InChI is InChI=1S/C17H19NO5/c1-4-18(5-2)17(21)11-8-13(16(20)15(9-11)22-3)14-7-6-12(10-19)23-14/h6-10,20H,4-5H2,1-3H3. The third-order valence-electron chi connectivity index (χ3n) is 3.60. The minimum Gasteiger partial charge on any atom is -0.504 e. The minimum absolute atomic E-state index is 0.138. The van der Waals surface area contributed by atoms with Gasteiger partial charge in [-0.1, -0.05) is 0 Å². The van der Waals surface area contributed by atoms with E-state index in [4.69, 9.17) is 9.15 Å². The number of carbonyl (C=O) groups excluding carboxylic acids is 2. The first kappa shape index (κ1) is 16.6. The third kappa shape index (κ3) is 3.21. The van der Waals surface area contributed by atoms with E-state index >= 15 is 0 Å². The molecule has 23 heavy (non-hydrogen) atoms. The second-order valence-electron chi connectivity index (χ2n) is 4.87. The molecule has 6 nitrogen and oxygen atoms in total. The van der Waals surface area contributed by atoms with Crippen LogP contribution in [0.25, 0.3) is 11.3 Å². The number of carbonyl (C=O) groups is 2. The predicted octanol–water partition coefficient (Wildman–Crippen LogP) is 2.96. The Kier molecular flexibility index (Phi) is 5.05. The molecular weight excluding hydrogens is 298 g/mol. The van der Waals surface area contributed by atoms with Crippen molar-refractivity contribution < 1.29 is 23.8 Å². The van der Waals surface area contributed by atoms with Crippen LogP contribution in [-0.2, 0) is 0 Å². The van der Waals surface area contributed by atoms with Crippen LogP contribution in [-0.4, -0.2) is 42.4 Å². The fourth-order valence-corrected chi connectivity index (χ4v) is 2.33. The molecule has 0 radical (unpaired) electrons. The monoisotopic (exact) mass is 317 g/mol. The molecule has 1 amide bonds. The van der Waals surface area contributed by atoms with Gasteiger partial charge < -0.3 is 19.2 Å². The summed E-state index contributed by atoms with van der Waals surface area (Å²) in [5.41, 5.74) is 0.676. The van der Waals surface area contributed by atoms with Gasteiger partial charge in [-0.05, 0) is 38.1 Å². The molecule has 0 aliphatic rings. The van der Waals surface area contributed by atoms with Gasteiger partial charge in [0.15, 0.2) is 23.5 Å². The van der Waals surface area contributed by atoms with Gasteiger partial charge in [-0.15, -0.1) is 0 Å². The van der Waals surface area contributed by atoms with Gasteiger partial charge in [0.1, 0.15) is 5.76 Å². The molecule has 0 bridgehead atoms. The summed E-state index contributed by atoms with van der Waals surface area (Å²) in [6.07, 6.45) is 0.572. The number of aldehydes is 1. The number of hydrogen-bond donors (Lipinski definition) is 1. The highest BCUT2D eigenvalue weighted by molar-refractivity contribution is 5.97. The summed E-state index contributed by atoms with van der Waals surface area (Å²) in [5, 5.41) is 10.3. The van der Waals surface area contributed by atoms with E-state index in [1.165, 1.54) is 25.3 Å². The molecular formula is C17H19NO5. The fourth-order valence-electron chi connectivity index (χ4n) is 2.33. The summed E-state index contributed by atoms with van der Waals surface area (Å²) in [7, 11) is 1.41. The number of benzene rings is 1. The Morgan fingerprint density at radius 2 is 2.00 bits per heavy atom. The van der Waals surface area contributed by atoms with Crippen LogP contribution in [0.5, 0.6) is 11.5 Å². The van der Waals surface area contributed by atoms with Crippen LogP contribution in [0.1, 0.15) is 34.8 Å². The zero-order valence-corrected chi connectivity index (χ0v) is 13.3. The predicted molar refractivity (Wildman–Crippen MR) is 85.0 cm³/mol. The molecule has 6 heteroatoms. The van der Waals surface area contributed by atoms with E-state index < -0.39 is 0 Å². The van der Waals surface area contributed by atoms with Crippen LogP contribution in [0.15, 0.2) is 28.7 Å². The van der Waals surface area contributed by atoms with Gasteiger partial charge in [-0.2, -0.15) is 0 Å². The number of ether oxygens (including phenoxy) is 1. The largest absolute Gasteiger partial charge is 0.504 e. The smallest absolute Gasteiger partial charge is 0.253 e. The lowest BCUT2D eigenvalue weighted by Crippen LogP contribution is -2.30. The van der Waals surface area contributed by atoms with E-state index in [0.717, 1.165) is 0 Å². The van der Waals surface area contributed by atoms with Gasteiger partial charge in [-0.25, -0.2) is 0 Å². The van der Waals surface area contributed by atoms with Crippen molar-refractivity contribution in [3.63, 3.8) is 0 Å². The molecule has 0 aliphatic carbocycles. The molecule has 2 aromatic rings. The molecule has 1 aromatic heterocycles. The second kappa shape index (κ2) is 7.00. The first-order chi connectivity index (χ1) is 11.0. The summed E-state index contributed by atoms with van der Waals surface area (Å²) >= 11 is 0. The van der Waals surface area contributed by atoms with Crippen molar-refractivity contribution in [2.24, 2.45) is 0 Å². The van der Waals surface area contributed by atoms with E-state index in [-0.39, 0.29) is 28.9 Å². The lowest BCUT2D eigenvalue weighted by atomic mass is 10.1. The van der Waals surface area contributed by atoms with Crippen LogP contribution >= 0.6 is 0 Å². The summed E-state index contributed by atoms with van der Waals surface area (Å²) in [6.45, 7) is 4.93. The highest BCUT2D eigenvalue weighted by atomic mass is 16.5. The van der Waals surface area contributed by atoms with Crippen molar-refractivity contribution in [3.8, 4) is 22.8 Å². The van der Waals surface area contributed by atoms with E-state index in [1.54, 1.807) is 11.0 Å². The Morgan fingerprint density at radius 1 is 1.30 bits per heavy atom. The Bertz CT molecular complexity index is 716. The average molecular weight is 317 g/mol. The Labute approximate surface area is 134 Å². The zero-order chi connectivity index (χ0) is 17.0. The maximum Gasteiger partial charge on any atom is 0.253 e. The number of amides is 1. The third-order valence-corrected chi connectivity index (χ3v) is 3.60. The van der Waals surface area contributed by atoms with Gasteiger partial charge in [0.05, 0.1) is 12.7 Å². The summed E-state index contributed by atoms with van der Waals surface area (Å²) < 4.78 is 10.5. The molecule has 0 saturated heterocycles.